The molecule has 0 heterocycles. The molecule has 1 saturated carbocycles. The van der Waals surface area contributed by atoms with Gasteiger partial charge in [0.2, 0.25) is 11.8 Å². The molecule has 0 atom stereocenters. The highest BCUT2D eigenvalue weighted by molar-refractivity contribution is 5.96. The molecule has 1 fully saturated rings. The smallest absolute Gasteiger partial charge is 0.243 e. The predicted molar refractivity (Wildman–Crippen MR) is 94.7 cm³/mol. The van der Waals surface area contributed by atoms with Gasteiger partial charge in [-0.1, -0.05) is 38.3 Å². The summed E-state index contributed by atoms with van der Waals surface area (Å²) >= 11 is 0. The SMILES string of the molecule is CCc1cccc(NC(=O)CNC(=O)C2(N)CCCCC2)c1.Cl. The normalized spacial score (nSPS) is 16.1. The minimum absolute atomic E-state index is 0. The second kappa shape index (κ2) is 8.89. The highest BCUT2D eigenvalue weighted by Gasteiger charge is 2.35. The molecule has 5 nitrogen and oxygen atoms in total. The van der Waals surface area contributed by atoms with Crippen molar-refractivity contribution in [3.05, 3.63) is 29.8 Å². The van der Waals surface area contributed by atoms with Crippen LogP contribution in [0.5, 0.6) is 0 Å². The van der Waals surface area contributed by atoms with Crippen LogP contribution < -0.4 is 16.4 Å². The highest BCUT2D eigenvalue weighted by Crippen LogP contribution is 2.25. The molecular weight excluding hydrogens is 314 g/mol. The van der Waals surface area contributed by atoms with E-state index >= 15 is 0 Å². The first-order chi connectivity index (χ1) is 10.5. The maximum Gasteiger partial charge on any atom is 0.243 e. The number of hydrogen-bond donors (Lipinski definition) is 3. The van der Waals surface area contributed by atoms with Gasteiger partial charge in [-0.25, -0.2) is 0 Å². The minimum atomic E-state index is -0.805. The fourth-order valence-corrected chi connectivity index (χ4v) is 2.82. The summed E-state index contributed by atoms with van der Waals surface area (Å²) in [5.74, 6) is -0.453. The van der Waals surface area contributed by atoms with Gasteiger partial charge in [0.05, 0.1) is 12.1 Å². The van der Waals surface area contributed by atoms with Gasteiger partial charge >= 0.3 is 0 Å². The van der Waals surface area contributed by atoms with Crippen molar-refractivity contribution in [2.45, 2.75) is 51.0 Å². The Morgan fingerprint density at radius 1 is 1.22 bits per heavy atom. The molecule has 0 saturated heterocycles. The monoisotopic (exact) mass is 339 g/mol. The first-order valence-corrected chi connectivity index (χ1v) is 7.99. The number of nitrogens with one attached hydrogen (secondary N) is 2. The van der Waals surface area contributed by atoms with Crippen molar-refractivity contribution < 1.29 is 9.59 Å². The van der Waals surface area contributed by atoms with Crippen LogP contribution in [-0.2, 0) is 16.0 Å². The molecule has 2 amide bonds. The Morgan fingerprint density at radius 3 is 2.57 bits per heavy atom. The molecule has 0 aromatic heterocycles. The largest absolute Gasteiger partial charge is 0.345 e. The summed E-state index contributed by atoms with van der Waals surface area (Å²) < 4.78 is 0. The Hall–Kier alpha value is -1.59. The topological polar surface area (TPSA) is 84.2 Å². The quantitative estimate of drug-likeness (QED) is 0.770. The van der Waals surface area contributed by atoms with Gasteiger partial charge in [-0.3, -0.25) is 9.59 Å². The maximum absolute atomic E-state index is 12.2. The van der Waals surface area contributed by atoms with Crippen molar-refractivity contribution in [1.82, 2.24) is 5.32 Å². The number of carbonyl (C=O) groups excluding carboxylic acids is 2. The van der Waals surface area contributed by atoms with Gasteiger partial charge < -0.3 is 16.4 Å². The van der Waals surface area contributed by atoms with Crippen molar-refractivity contribution in [1.29, 1.82) is 0 Å². The molecule has 1 aliphatic carbocycles. The third-order valence-electron chi connectivity index (χ3n) is 4.23. The number of carbonyl (C=O) groups is 2. The zero-order chi connectivity index (χ0) is 16.0. The van der Waals surface area contributed by atoms with E-state index in [1.165, 1.54) is 0 Å². The standard InChI is InChI=1S/C17H25N3O2.ClH/c1-2-13-7-6-8-14(11-13)20-15(21)12-19-16(22)17(18)9-4-3-5-10-17;/h6-8,11H,2-5,9-10,12,18H2,1H3,(H,19,22)(H,20,21);1H. The third kappa shape index (κ3) is 5.52. The van der Waals surface area contributed by atoms with E-state index in [9.17, 15) is 9.59 Å². The predicted octanol–water partition coefficient (Wildman–Crippen LogP) is 2.39. The van der Waals surface area contributed by atoms with Gasteiger partial charge in [0.15, 0.2) is 0 Å². The second-order valence-electron chi connectivity index (χ2n) is 6.00. The molecule has 1 aromatic rings. The van der Waals surface area contributed by atoms with Crippen LogP contribution in [-0.4, -0.2) is 23.9 Å². The van der Waals surface area contributed by atoms with Crippen LogP contribution in [0.4, 0.5) is 5.69 Å². The van der Waals surface area contributed by atoms with Crippen molar-refractivity contribution in [3.8, 4) is 0 Å². The first-order valence-electron chi connectivity index (χ1n) is 7.99. The van der Waals surface area contributed by atoms with Gasteiger partial charge in [-0.2, -0.15) is 0 Å². The summed E-state index contributed by atoms with van der Waals surface area (Å²) in [6, 6.07) is 7.69. The number of benzene rings is 1. The highest BCUT2D eigenvalue weighted by atomic mass is 35.5. The van der Waals surface area contributed by atoms with E-state index in [0.29, 0.717) is 12.8 Å². The number of rotatable bonds is 5. The minimum Gasteiger partial charge on any atom is -0.345 e. The van der Waals surface area contributed by atoms with Crippen molar-refractivity contribution >= 4 is 29.9 Å². The summed E-state index contributed by atoms with van der Waals surface area (Å²) in [6.07, 6.45) is 5.37. The molecule has 4 N–H and O–H groups in total. The summed E-state index contributed by atoms with van der Waals surface area (Å²) in [7, 11) is 0. The summed E-state index contributed by atoms with van der Waals surface area (Å²) in [4.78, 5) is 24.1. The summed E-state index contributed by atoms with van der Waals surface area (Å²) in [6.45, 7) is 2.01. The molecule has 128 valence electrons. The third-order valence-corrected chi connectivity index (χ3v) is 4.23. The lowest BCUT2D eigenvalue weighted by atomic mass is 9.82. The number of aryl methyl sites for hydroxylation is 1. The fraction of sp³-hybridized carbons (Fsp3) is 0.529. The maximum atomic E-state index is 12.2. The van der Waals surface area contributed by atoms with E-state index in [1.54, 1.807) is 0 Å². The molecule has 2 rings (SSSR count). The van der Waals surface area contributed by atoms with Crippen LogP contribution >= 0.6 is 12.4 Å². The Bertz CT molecular complexity index is 542. The van der Waals surface area contributed by atoms with Gasteiger partial charge in [0.25, 0.3) is 0 Å². The first kappa shape index (κ1) is 19.5. The van der Waals surface area contributed by atoms with Gasteiger partial charge in [0, 0.05) is 5.69 Å². The molecule has 0 unspecified atom stereocenters. The van der Waals surface area contributed by atoms with E-state index in [1.807, 2.05) is 24.3 Å². The van der Waals surface area contributed by atoms with E-state index in [0.717, 1.165) is 36.9 Å². The number of amides is 2. The Labute approximate surface area is 143 Å². The number of hydrogen-bond acceptors (Lipinski definition) is 3. The molecular formula is C17H26ClN3O2. The van der Waals surface area contributed by atoms with Crippen molar-refractivity contribution in [2.75, 3.05) is 11.9 Å². The average molecular weight is 340 g/mol. The summed E-state index contributed by atoms with van der Waals surface area (Å²) in [5.41, 5.74) is 7.24. The van der Waals surface area contributed by atoms with Crippen LogP contribution in [0.15, 0.2) is 24.3 Å². The number of nitrogens with two attached hydrogens (primary N) is 1. The second-order valence-corrected chi connectivity index (χ2v) is 6.00. The van der Waals surface area contributed by atoms with Crippen molar-refractivity contribution in [2.24, 2.45) is 5.73 Å². The van der Waals surface area contributed by atoms with Crippen molar-refractivity contribution in [3.63, 3.8) is 0 Å². The lowest BCUT2D eigenvalue weighted by Gasteiger charge is -2.31. The van der Waals surface area contributed by atoms with Crippen LogP contribution in [0.1, 0.15) is 44.6 Å². The number of halogens is 1. The average Bonchev–Trinajstić information content (AvgIpc) is 2.53. The molecule has 0 radical (unpaired) electrons. The lowest BCUT2D eigenvalue weighted by molar-refractivity contribution is -0.129. The van der Waals surface area contributed by atoms with Crippen LogP contribution in [0.3, 0.4) is 0 Å². The number of anilines is 1. The Balaban J connectivity index is 0.00000264. The van der Waals surface area contributed by atoms with Gasteiger partial charge in [0.1, 0.15) is 0 Å². The molecule has 0 bridgehead atoms. The van der Waals surface area contributed by atoms with Crippen LogP contribution in [0.2, 0.25) is 0 Å². The van der Waals surface area contributed by atoms with E-state index in [2.05, 4.69) is 17.6 Å². The van der Waals surface area contributed by atoms with Crippen LogP contribution in [0.25, 0.3) is 0 Å². The lowest BCUT2D eigenvalue weighted by Crippen LogP contribution is -2.56. The molecule has 0 aliphatic heterocycles. The molecule has 1 aliphatic rings. The molecule has 0 spiro atoms. The molecule has 1 aromatic carbocycles. The Kier molecular flexibility index (Phi) is 7.52. The van der Waals surface area contributed by atoms with E-state index < -0.39 is 5.54 Å². The van der Waals surface area contributed by atoms with Crippen LogP contribution in [0, 0.1) is 0 Å². The zero-order valence-corrected chi connectivity index (χ0v) is 14.4. The Morgan fingerprint density at radius 2 is 1.91 bits per heavy atom. The zero-order valence-electron chi connectivity index (χ0n) is 13.6. The van der Waals surface area contributed by atoms with E-state index in [-0.39, 0.29) is 30.8 Å². The van der Waals surface area contributed by atoms with Gasteiger partial charge in [-0.05, 0) is 37.0 Å². The summed E-state index contributed by atoms with van der Waals surface area (Å²) in [5, 5.41) is 5.46. The van der Waals surface area contributed by atoms with E-state index in [4.69, 9.17) is 5.73 Å². The van der Waals surface area contributed by atoms with Gasteiger partial charge in [-0.15, -0.1) is 12.4 Å². The molecule has 23 heavy (non-hydrogen) atoms. The fourth-order valence-electron chi connectivity index (χ4n) is 2.82. The molecule has 6 heteroatoms.